The molecule has 1 rings (SSSR count). The van der Waals surface area contributed by atoms with E-state index in [4.69, 9.17) is 4.74 Å². The zero-order chi connectivity index (χ0) is 14.6. The monoisotopic (exact) mass is 263 g/mol. The predicted molar refractivity (Wildman–Crippen MR) is 75.4 cm³/mol. The molecule has 19 heavy (non-hydrogen) atoms. The van der Waals surface area contributed by atoms with Crippen LogP contribution in [0.4, 0.5) is 10.5 Å². The van der Waals surface area contributed by atoms with Gasteiger partial charge >= 0.3 is 6.09 Å². The van der Waals surface area contributed by atoms with E-state index < -0.39 is 11.7 Å². The van der Waals surface area contributed by atoms with Gasteiger partial charge in [0, 0.05) is 12.1 Å². The molecule has 0 unspecified atom stereocenters. The molecule has 0 spiro atoms. The summed E-state index contributed by atoms with van der Waals surface area (Å²) < 4.78 is 5.21. The average Bonchev–Trinajstić information content (AvgIpc) is 2.18. The molecule has 0 saturated carbocycles. The van der Waals surface area contributed by atoms with Gasteiger partial charge in [0.15, 0.2) is 0 Å². The molecule has 0 atom stereocenters. The minimum absolute atomic E-state index is 0.0519. The van der Waals surface area contributed by atoms with Crippen LogP contribution in [0.25, 0.3) is 0 Å². The highest BCUT2D eigenvalue weighted by molar-refractivity contribution is 5.88. The number of hydrogen-bond donors (Lipinski definition) is 1. The Hall–Kier alpha value is -1.84. The molecule has 1 aromatic carbocycles. The van der Waals surface area contributed by atoms with Crippen LogP contribution in [0.5, 0.6) is 0 Å². The number of ketones is 1. The molecule has 4 heteroatoms. The van der Waals surface area contributed by atoms with Crippen LogP contribution in [0, 0.1) is 6.92 Å². The lowest BCUT2D eigenvalue weighted by atomic mass is 10.0. The van der Waals surface area contributed by atoms with Gasteiger partial charge in [-0.3, -0.25) is 10.1 Å². The number of rotatable bonds is 3. The number of nitrogens with one attached hydrogen (secondary N) is 1. The van der Waals surface area contributed by atoms with Crippen molar-refractivity contribution < 1.29 is 14.3 Å². The number of anilines is 1. The number of carbonyl (C=O) groups excluding carboxylic acids is 2. The summed E-state index contributed by atoms with van der Waals surface area (Å²) >= 11 is 0. The van der Waals surface area contributed by atoms with E-state index in [2.05, 4.69) is 5.32 Å². The van der Waals surface area contributed by atoms with Crippen molar-refractivity contribution in [2.45, 2.75) is 46.6 Å². The molecule has 1 aromatic rings. The van der Waals surface area contributed by atoms with E-state index in [1.807, 2.05) is 25.1 Å². The minimum Gasteiger partial charge on any atom is -0.444 e. The maximum absolute atomic E-state index is 11.8. The molecule has 104 valence electrons. The molecule has 1 amide bonds. The molecule has 0 aliphatic heterocycles. The van der Waals surface area contributed by atoms with Crippen LogP contribution in [0.3, 0.4) is 0 Å². The van der Waals surface area contributed by atoms with Crippen LogP contribution in [-0.4, -0.2) is 17.5 Å². The summed E-state index contributed by atoms with van der Waals surface area (Å²) in [5.41, 5.74) is 1.89. The highest BCUT2D eigenvalue weighted by Crippen LogP contribution is 2.20. The molecule has 4 nitrogen and oxygen atoms in total. The fraction of sp³-hybridized carbons (Fsp3) is 0.467. The van der Waals surface area contributed by atoms with Gasteiger partial charge in [-0.1, -0.05) is 12.1 Å². The average molecular weight is 263 g/mol. The van der Waals surface area contributed by atoms with Crippen molar-refractivity contribution >= 4 is 17.6 Å². The second-order valence-corrected chi connectivity index (χ2v) is 5.67. The second-order valence-electron chi connectivity index (χ2n) is 5.67. The zero-order valence-corrected chi connectivity index (χ0v) is 12.2. The summed E-state index contributed by atoms with van der Waals surface area (Å²) in [7, 11) is 0. The molecule has 0 fully saturated rings. The lowest BCUT2D eigenvalue weighted by molar-refractivity contribution is -0.116. The third-order valence-electron chi connectivity index (χ3n) is 2.34. The standard InChI is InChI=1S/C15H21NO3/c1-10-6-7-12(9-11(2)17)13(8-10)16-14(18)19-15(3,4)5/h6-8H,9H2,1-5H3,(H,16,18). The maximum Gasteiger partial charge on any atom is 0.412 e. The Morgan fingerprint density at radius 3 is 2.42 bits per heavy atom. The molecule has 1 N–H and O–H groups in total. The SMILES string of the molecule is CC(=O)Cc1ccc(C)cc1NC(=O)OC(C)(C)C. The van der Waals surface area contributed by atoms with E-state index >= 15 is 0 Å². The Morgan fingerprint density at radius 1 is 1.26 bits per heavy atom. The van der Waals surface area contributed by atoms with Crippen molar-refractivity contribution in [2.75, 3.05) is 5.32 Å². The molecule has 0 radical (unpaired) electrons. The van der Waals surface area contributed by atoms with Crippen molar-refractivity contribution in [3.8, 4) is 0 Å². The van der Waals surface area contributed by atoms with Crippen molar-refractivity contribution in [3.05, 3.63) is 29.3 Å². The summed E-state index contributed by atoms with van der Waals surface area (Å²) in [5.74, 6) is 0.0519. The molecule has 0 saturated heterocycles. The van der Waals surface area contributed by atoms with Crippen molar-refractivity contribution in [1.82, 2.24) is 0 Å². The fourth-order valence-corrected chi connectivity index (χ4v) is 1.64. The first kappa shape index (κ1) is 15.2. The van der Waals surface area contributed by atoms with Gasteiger partial charge in [-0.2, -0.15) is 0 Å². The topological polar surface area (TPSA) is 55.4 Å². The van der Waals surface area contributed by atoms with Gasteiger partial charge in [0.25, 0.3) is 0 Å². The largest absolute Gasteiger partial charge is 0.444 e. The Bertz CT molecular complexity index is 487. The van der Waals surface area contributed by atoms with Crippen LogP contribution < -0.4 is 5.32 Å². The van der Waals surface area contributed by atoms with E-state index in [1.54, 1.807) is 20.8 Å². The Balaban J connectivity index is 2.89. The summed E-state index contributed by atoms with van der Waals surface area (Å²) in [6.07, 6.45) is -0.214. The molecule has 0 aromatic heterocycles. The Labute approximate surface area is 114 Å². The summed E-state index contributed by atoms with van der Waals surface area (Å²) in [6, 6.07) is 5.60. The van der Waals surface area contributed by atoms with Gasteiger partial charge < -0.3 is 4.74 Å². The van der Waals surface area contributed by atoms with Gasteiger partial charge in [0.2, 0.25) is 0 Å². The number of amides is 1. The highest BCUT2D eigenvalue weighted by atomic mass is 16.6. The van der Waals surface area contributed by atoms with E-state index in [0.717, 1.165) is 11.1 Å². The third-order valence-corrected chi connectivity index (χ3v) is 2.34. The number of benzene rings is 1. The van der Waals surface area contributed by atoms with Crippen molar-refractivity contribution in [3.63, 3.8) is 0 Å². The van der Waals surface area contributed by atoms with Gasteiger partial charge in [-0.25, -0.2) is 4.79 Å². The van der Waals surface area contributed by atoms with Crippen LogP contribution in [0.1, 0.15) is 38.8 Å². The number of ether oxygens (including phenoxy) is 1. The smallest absolute Gasteiger partial charge is 0.412 e. The summed E-state index contributed by atoms with van der Waals surface area (Å²) in [5, 5.41) is 2.70. The minimum atomic E-state index is -0.547. The number of hydrogen-bond acceptors (Lipinski definition) is 3. The molecule has 0 bridgehead atoms. The van der Waals surface area contributed by atoms with E-state index in [0.29, 0.717) is 12.1 Å². The predicted octanol–water partition coefficient (Wildman–Crippen LogP) is 3.47. The van der Waals surface area contributed by atoms with Crippen molar-refractivity contribution in [1.29, 1.82) is 0 Å². The molecule has 0 heterocycles. The summed E-state index contributed by atoms with van der Waals surface area (Å²) in [6.45, 7) is 8.87. The number of carbonyl (C=O) groups is 2. The Kier molecular flexibility index (Phi) is 4.70. The third kappa shape index (κ3) is 5.55. The first-order valence-electron chi connectivity index (χ1n) is 6.26. The molecule has 0 aliphatic rings. The van der Waals surface area contributed by atoms with Crippen LogP contribution in [0.15, 0.2) is 18.2 Å². The van der Waals surface area contributed by atoms with Crippen molar-refractivity contribution in [2.24, 2.45) is 0 Å². The first-order chi connectivity index (χ1) is 8.67. The molecule has 0 aliphatic carbocycles. The zero-order valence-electron chi connectivity index (χ0n) is 12.2. The normalized spacial score (nSPS) is 11.0. The Morgan fingerprint density at radius 2 is 1.89 bits per heavy atom. The number of aryl methyl sites for hydroxylation is 1. The van der Waals surface area contributed by atoms with Crippen LogP contribution >= 0.6 is 0 Å². The number of Topliss-reactive ketones (excluding diaryl/α,β-unsaturated/α-hetero) is 1. The molecular formula is C15H21NO3. The lowest BCUT2D eigenvalue weighted by Crippen LogP contribution is -2.27. The lowest BCUT2D eigenvalue weighted by Gasteiger charge is -2.20. The quantitative estimate of drug-likeness (QED) is 0.908. The second kappa shape index (κ2) is 5.87. The van der Waals surface area contributed by atoms with Gasteiger partial charge in [0.05, 0.1) is 0 Å². The van der Waals surface area contributed by atoms with E-state index in [9.17, 15) is 9.59 Å². The maximum atomic E-state index is 11.8. The van der Waals surface area contributed by atoms with E-state index in [-0.39, 0.29) is 5.78 Å². The first-order valence-corrected chi connectivity index (χ1v) is 6.26. The van der Waals surface area contributed by atoms with Crippen LogP contribution in [0.2, 0.25) is 0 Å². The van der Waals surface area contributed by atoms with E-state index in [1.165, 1.54) is 6.92 Å². The van der Waals surface area contributed by atoms with Gasteiger partial charge in [-0.05, 0) is 51.8 Å². The summed E-state index contributed by atoms with van der Waals surface area (Å²) in [4.78, 5) is 23.0. The molecular weight excluding hydrogens is 242 g/mol. The van der Waals surface area contributed by atoms with Gasteiger partial charge in [-0.15, -0.1) is 0 Å². The van der Waals surface area contributed by atoms with Crippen LogP contribution in [-0.2, 0) is 16.0 Å². The fourth-order valence-electron chi connectivity index (χ4n) is 1.64. The highest BCUT2D eigenvalue weighted by Gasteiger charge is 2.17. The van der Waals surface area contributed by atoms with Gasteiger partial charge in [0.1, 0.15) is 11.4 Å².